The summed E-state index contributed by atoms with van der Waals surface area (Å²) in [6.45, 7) is 1.82. The highest BCUT2D eigenvalue weighted by Crippen LogP contribution is 2.38. The number of fused-ring (bicyclic) bond motifs is 1. The number of hydrogen-bond acceptors (Lipinski definition) is 4. The highest BCUT2D eigenvalue weighted by atomic mass is 35.5. The summed E-state index contributed by atoms with van der Waals surface area (Å²) in [5.41, 5.74) is 1.05. The Bertz CT molecular complexity index is 742. The fourth-order valence-electron chi connectivity index (χ4n) is 3.19. The van der Waals surface area contributed by atoms with E-state index in [1.54, 1.807) is 12.1 Å². The van der Waals surface area contributed by atoms with E-state index in [1.165, 1.54) is 0 Å². The van der Waals surface area contributed by atoms with Gasteiger partial charge in [0.05, 0.1) is 6.04 Å². The van der Waals surface area contributed by atoms with Crippen molar-refractivity contribution in [3.8, 4) is 11.5 Å². The number of hydrogen-bond donors (Lipinski definition) is 0. The highest BCUT2D eigenvalue weighted by molar-refractivity contribution is 6.29. The van der Waals surface area contributed by atoms with Gasteiger partial charge in [-0.25, -0.2) is 0 Å². The monoisotopic (exact) mass is 333 g/mol. The molecule has 1 aromatic carbocycles. The summed E-state index contributed by atoms with van der Waals surface area (Å²) in [5.74, 6) is 1.65. The first kappa shape index (κ1) is 14.5. The average Bonchev–Trinajstić information content (AvgIpc) is 3.23. The van der Waals surface area contributed by atoms with Crippen LogP contribution in [-0.2, 0) is 0 Å². The van der Waals surface area contributed by atoms with Gasteiger partial charge in [0.15, 0.2) is 22.5 Å². The molecule has 0 saturated carbocycles. The smallest absolute Gasteiger partial charge is 0.290 e. The van der Waals surface area contributed by atoms with Gasteiger partial charge in [-0.05, 0) is 54.3 Å². The number of furan rings is 1. The summed E-state index contributed by atoms with van der Waals surface area (Å²) in [7, 11) is 0. The van der Waals surface area contributed by atoms with Crippen molar-refractivity contribution >= 4 is 17.5 Å². The number of halogens is 1. The van der Waals surface area contributed by atoms with E-state index >= 15 is 0 Å². The van der Waals surface area contributed by atoms with Gasteiger partial charge >= 0.3 is 0 Å². The van der Waals surface area contributed by atoms with Crippen LogP contribution < -0.4 is 9.47 Å². The molecule has 1 amide bonds. The summed E-state index contributed by atoms with van der Waals surface area (Å²) in [5, 5.41) is 0.225. The maximum atomic E-state index is 12.7. The molecule has 3 heterocycles. The first-order valence-corrected chi connectivity index (χ1v) is 8.06. The molecule has 0 N–H and O–H groups in total. The highest BCUT2D eigenvalue weighted by Gasteiger charge is 2.32. The van der Waals surface area contributed by atoms with E-state index in [0.717, 1.165) is 29.9 Å². The second-order valence-electron chi connectivity index (χ2n) is 5.66. The lowest BCUT2D eigenvalue weighted by Crippen LogP contribution is -2.30. The van der Waals surface area contributed by atoms with Crippen LogP contribution >= 0.6 is 11.6 Å². The summed E-state index contributed by atoms with van der Waals surface area (Å²) in [6, 6.07) is 9.10. The minimum Gasteiger partial charge on any atom is -0.486 e. The molecular weight excluding hydrogens is 318 g/mol. The van der Waals surface area contributed by atoms with Crippen LogP contribution in [0.15, 0.2) is 34.7 Å². The lowest BCUT2D eigenvalue weighted by Gasteiger charge is -2.26. The summed E-state index contributed by atoms with van der Waals surface area (Å²) < 4.78 is 16.5. The predicted molar refractivity (Wildman–Crippen MR) is 84.2 cm³/mol. The fourth-order valence-corrected chi connectivity index (χ4v) is 3.34. The van der Waals surface area contributed by atoms with Gasteiger partial charge in [-0.3, -0.25) is 4.79 Å². The Labute approximate surface area is 138 Å². The van der Waals surface area contributed by atoms with Gasteiger partial charge in [0.25, 0.3) is 5.91 Å². The zero-order valence-electron chi connectivity index (χ0n) is 12.5. The fraction of sp³-hybridized carbons (Fsp3) is 0.353. The van der Waals surface area contributed by atoms with Crippen molar-refractivity contribution in [2.45, 2.75) is 18.9 Å². The van der Waals surface area contributed by atoms with Gasteiger partial charge < -0.3 is 18.8 Å². The second kappa shape index (κ2) is 5.81. The van der Waals surface area contributed by atoms with E-state index < -0.39 is 0 Å². The van der Waals surface area contributed by atoms with Crippen molar-refractivity contribution in [1.82, 2.24) is 4.90 Å². The summed E-state index contributed by atoms with van der Waals surface area (Å²) in [4.78, 5) is 14.5. The molecule has 1 aromatic heterocycles. The van der Waals surface area contributed by atoms with Crippen LogP contribution in [0.4, 0.5) is 0 Å². The second-order valence-corrected chi connectivity index (χ2v) is 6.04. The lowest BCUT2D eigenvalue weighted by atomic mass is 10.0. The normalized spacial score (nSPS) is 19.9. The van der Waals surface area contributed by atoms with Crippen molar-refractivity contribution in [1.29, 1.82) is 0 Å². The quantitative estimate of drug-likeness (QED) is 0.841. The van der Waals surface area contributed by atoms with Gasteiger partial charge in [0, 0.05) is 6.54 Å². The van der Waals surface area contributed by atoms with Crippen LogP contribution in [0, 0.1) is 0 Å². The molecule has 6 heteroatoms. The minimum atomic E-state index is -0.130. The van der Waals surface area contributed by atoms with E-state index in [-0.39, 0.29) is 22.9 Å². The molecule has 120 valence electrons. The number of rotatable bonds is 2. The van der Waals surface area contributed by atoms with Crippen LogP contribution in [-0.4, -0.2) is 30.6 Å². The van der Waals surface area contributed by atoms with Crippen molar-refractivity contribution in [2.24, 2.45) is 0 Å². The maximum absolute atomic E-state index is 12.7. The van der Waals surface area contributed by atoms with Crippen LogP contribution in [0.25, 0.3) is 0 Å². The molecule has 1 atom stereocenters. The van der Waals surface area contributed by atoms with Gasteiger partial charge in [0.1, 0.15) is 13.2 Å². The van der Waals surface area contributed by atoms with Crippen LogP contribution in [0.5, 0.6) is 11.5 Å². The van der Waals surface area contributed by atoms with E-state index in [4.69, 9.17) is 25.5 Å². The standard InChI is InChI=1S/C17H16ClNO4/c18-16-6-5-14(23-16)17(20)19-7-1-2-12(19)11-3-4-13-15(10-11)22-9-8-21-13/h3-6,10,12H,1-2,7-9H2/t12-/m0/s1. The molecule has 1 saturated heterocycles. The molecule has 0 unspecified atom stereocenters. The van der Waals surface area contributed by atoms with Crippen LogP contribution in [0.1, 0.15) is 35.0 Å². The topological polar surface area (TPSA) is 51.9 Å². The molecule has 4 rings (SSSR count). The van der Waals surface area contributed by atoms with Crippen molar-refractivity contribution < 1.29 is 18.7 Å². The molecule has 2 aromatic rings. The van der Waals surface area contributed by atoms with Crippen LogP contribution in [0.2, 0.25) is 5.22 Å². The number of amides is 1. The molecule has 0 radical (unpaired) electrons. The first-order valence-electron chi connectivity index (χ1n) is 7.68. The molecule has 1 fully saturated rings. The van der Waals surface area contributed by atoms with E-state index in [0.29, 0.717) is 19.8 Å². The Morgan fingerprint density at radius 2 is 1.96 bits per heavy atom. The molecular formula is C17H16ClNO4. The number of carbonyl (C=O) groups excluding carboxylic acids is 1. The summed E-state index contributed by atoms with van der Waals surface area (Å²) >= 11 is 5.78. The largest absolute Gasteiger partial charge is 0.486 e. The number of nitrogens with zero attached hydrogens (tertiary/aromatic N) is 1. The number of carbonyl (C=O) groups is 1. The number of likely N-dealkylation sites (tertiary alicyclic amines) is 1. The Morgan fingerprint density at radius 3 is 2.74 bits per heavy atom. The zero-order chi connectivity index (χ0) is 15.8. The Balaban J connectivity index is 1.61. The van der Waals surface area contributed by atoms with Gasteiger partial charge in [-0.15, -0.1) is 0 Å². The number of benzene rings is 1. The zero-order valence-corrected chi connectivity index (χ0v) is 13.2. The van der Waals surface area contributed by atoms with Crippen molar-refractivity contribution in [2.75, 3.05) is 19.8 Å². The van der Waals surface area contributed by atoms with E-state index in [9.17, 15) is 4.79 Å². The Hall–Kier alpha value is -2.14. The molecule has 0 spiro atoms. The summed E-state index contributed by atoms with van der Waals surface area (Å²) in [6.07, 6.45) is 1.87. The third kappa shape index (κ3) is 2.65. The van der Waals surface area contributed by atoms with Gasteiger partial charge in [-0.1, -0.05) is 6.07 Å². The molecule has 5 nitrogen and oxygen atoms in total. The van der Waals surface area contributed by atoms with E-state index in [1.807, 2.05) is 23.1 Å². The Morgan fingerprint density at radius 1 is 1.13 bits per heavy atom. The van der Waals surface area contributed by atoms with Gasteiger partial charge in [-0.2, -0.15) is 0 Å². The lowest BCUT2D eigenvalue weighted by molar-refractivity contribution is 0.0703. The molecule has 23 heavy (non-hydrogen) atoms. The van der Waals surface area contributed by atoms with Crippen molar-refractivity contribution in [3.63, 3.8) is 0 Å². The third-order valence-electron chi connectivity index (χ3n) is 4.25. The van der Waals surface area contributed by atoms with Crippen molar-refractivity contribution in [3.05, 3.63) is 46.9 Å². The molecule has 0 bridgehead atoms. The van der Waals surface area contributed by atoms with Gasteiger partial charge in [0.2, 0.25) is 0 Å². The minimum absolute atomic E-state index is 0.0159. The number of ether oxygens (including phenoxy) is 2. The molecule has 2 aliphatic heterocycles. The first-order chi connectivity index (χ1) is 11.2. The van der Waals surface area contributed by atoms with E-state index in [2.05, 4.69) is 0 Å². The average molecular weight is 334 g/mol. The maximum Gasteiger partial charge on any atom is 0.290 e. The Kier molecular flexibility index (Phi) is 3.65. The predicted octanol–water partition coefficient (Wildman–Crippen LogP) is 3.68. The molecule has 2 aliphatic rings. The third-order valence-corrected chi connectivity index (χ3v) is 4.45. The molecule has 0 aliphatic carbocycles. The van der Waals surface area contributed by atoms with Crippen LogP contribution in [0.3, 0.4) is 0 Å². The SMILES string of the molecule is O=C(c1ccc(Cl)o1)N1CCC[C@H]1c1ccc2c(c1)OCCO2.